The van der Waals surface area contributed by atoms with E-state index in [0.717, 1.165) is 83.5 Å². The third-order valence-electron chi connectivity index (χ3n) is 9.27. The third-order valence-corrected chi connectivity index (χ3v) is 9.27. The molecule has 0 aromatic heterocycles. The van der Waals surface area contributed by atoms with E-state index in [-0.39, 0.29) is 49.1 Å². The lowest BCUT2D eigenvalue weighted by atomic mass is 10.1. The van der Waals surface area contributed by atoms with Crippen molar-refractivity contribution in [2.45, 2.75) is 167 Å². The number of hydrogen-bond donors (Lipinski definition) is 0. The summed E-state index contributed by atoms with van der Waals surface area (Å²) in [6.45, 7) is 4.44. The van der Waals surface area contributed by atoms with Gasteiger partial charge in [0.25, 0.3) is 0 Å². The first-order valence-electron chi connectivity index (χ1n) is 22.1. The van der Waals surface area contributed by atoms with Gasteiger partial charge in [0, 0.05) is 19.3 Å². The molecule has 2 unspecified atom stereocenters. The number of hydrogen-bond acceptors (Lipinski definition) is 7. The maximum absolute atomic E-state index is 12.7. The molecular weight excluding hydrogens is 715 g/mol. The normalized spacial score (nSPS) is 13.8. The molecule has 0 bridgehead atoms. The largest absolute Gasteiger partial charge is 0.544 e. The SMILES string of the molecule is CC/C=C/C/C=C/C/C=C/C/C=C/C/C=C/C/C=C/CCCCC(=O)OC(COCCC(C(=O)[O-])[N+](C)(C)C)COC(=O)CCCCCCC/C=C/CCCCC. The highest BCUT2D eigenvalue weighted by Crippen LogP contribution is 2.12. The van der Waals surface area contributed by atoms with Crippen LogP contribution in [0.15, 0.2) is 85.1 Å². The number of aliphatic carboxylic acids is 1. The Balaban J connectivity index is 4.45. The molecule has 0 fully saturated rings. The van der Waals surface area contributed by atoms with Crippen LogP contribution in [0.4, 0.5) is 0 Å². The lowest BCUT2D eigenvalue weighted by Gasteiger charge is -2.34. The Morgan fingerprint density at radius 2 is 0.982 bits per heavy atom. The van der Waals surface area contributed by atoms with E-state index in [9.17, 15) is 19.5 Å². The van der Waals surface area contributed by atoms with Crippen LogP contribution in [-0.2, 0) is 28.6 Å². The van der Waals surface area contributed by atoms with E-state index in [0.29, 0.717) is 12.8 Å². The van der Waals surface area contributed by atoms with Gasteiger partial charge in [-0.1, -0.05) is 131 Å². The van der Waals surface area contributed by atoms with E-state index >= 15 is 0 Å². The average Bonchev–Trinajstić information content (AvgIpc) is 3.17. The van der Waals surface area contributed by atoms with Crippen molar-refractivity contribution in [2.75, 3.05) is 41.0 Å². The Hall–Kier alpha value is -3.49. The number of allylic oxidation sites excluding steroid dienone is 14. The number of carboxylic acids is 1. The predicted octanol–water partition coefficient (Wildman–Crippen LogP) is 10.8. The molecular formula is C49H81NO7. The summed E-state index contributed by atoms with van der Waals surface area (Å²) in [5.74, 6) is -1.82. The fraction of sp³-hybridized carbons (Fsp3) is 0.653. The highest BCUT2D eigenvalue weighted by molar-refractivity contribution is 5.70. The quantitative estimate of drug-likeness (QED) is 0.0265. The fourth-order valence-electron chi connectivity index (χ4n) is 5.83. The van der Waals surface area contributed by atoms with E-state index in [1.54, 1.807) is 21.1 Å². The van der Waals surface area contributed by atoms with Gasteiger partial charge in [0.05, 0.1) is 40.3 Å². The molecule has 0 radical (unpaired) electrons. The second-order valence-electron chi connectivity index (χ2n) is 15.5. The number of rotatable bonds is 38. The van der Waals surface area contributed by atoms with Crippen LogP contribution in [0.3, 0.4) is 0 Å². The van der Waals surface area contributed by atoms with E-state index in [1.807, 2.05) is 0 Å². The van der Waals surface area contributed by atoms with Gasteiger partial charge in [0.2, 0.25) is 0 Å². The highest BCUT2D eigenvalue weighted by Gasteiger charge is 2.25. The molecule has 0 N–H and O–H groups in total. The molecule has 8 nitrogen and oxygen atoms in total. The van der Waals surface area contributed by atoms with Gasteiger partial charge >= 0.3 is 11.9 Å². The molecule has 0 saturated carbocycles. The van der Waals surface area contributed by atoms with Crippen LogP contribution in [0, 0.1) is 0 Å². The average molecular weight is 796 g/mol. The molecule has 0 saturated heterocycles. The van der Waals surface area contributed by atoms with E-state index in [1.165, 1.54) is 32.1 Å². The van der Waals surface area contributed by atoms with Gasteiger partial charge in [-0.15, -0.1) is 0 Å². The van der Waals surface area contributed by atoms with Crippen molar-refractivity contribution in [3.05, 3.63) is 85.1 Å². The summed E-state index contributed by atoms with van der Waals surface area (Å²) < 4.78 is 17.1. The second kappa shape index (κ2) is 39.3. The summed E-state index contributed by atoms with van der Waals surface area (Å²) in [6, 6.07) is -0.739. The molecule has 0 heterocycles. The van der Waals surface area contributed by atoms with Gasteiger partial charge in [-0.2, -0.15) is 0 Å². The Morgan fingerprint density at radius 1 is 0.544 bits per heavy atom. The standard InChI is InChI=1S/C49H81NO7/c1-6-8-10-12-14-16-18-20-21-22-23-24-25-26-27-28-30-32-34-36-38-40-48(52)57-45(43-55-42-41-46(49(53)54)50(3,4)5)44-56-47(51)39-37-35-33-31-29-19-17-15-13-11-9-7-2/h8,10,14-17,20-21,23-24,26-27,30,32,45-46H,6-7,9,11-13,18-19,22,25,28-29,31,33-44H2,1-5H3/b10-8+,16-14+,17-15+,21-20+,24-23+,27-26+,32-30+. The molecule has 0 amide bonds. The first kappa shape index (κ1) is 53.5. The van der Waals surface area contributed by atoms with Crippen LogP contribution in [0.2, 0.25) is 0 Å². The summed E-state index contributed by atoms with van der Waals surface area (Å²) in [5.41, 5.74) is 0. The molecule has 2 atom stereocenters. The van der Waals surface area contributed by atoms with Crippen molar-refractivity contribution in [2.24, 2.45) is 0 Å². The number of likely N-dealkylation sites (N-methyl/N-ethyl adjacent to an activating group) is 1. The molecule has 0 aliphatic carbocycles. The summed E-state index contributed by atoms with van der Waals surface area (Å²) >= 11 is 0. The van der Waals surface area contributed by atoms with Gasteiger partial charge in [0.1, 0.15) is 12.6 Å². The predicted molar refractivity (Wildman–Crippen MR) is 235 cm³/mol. The van der Waals surface area contributed by atoms with Gasteiger partial charge < -0.3 is 28.6 Å². The third kappa shape index (κ3) is 37.8. The number of esters is 2. The molecule has 8 heteroatoms. The Bertz CT molecular complexity index is 1200. The summed E-state index contributed by atoms with van der Waals surface area (Å²) in [7, 11) is 5.38. The molecule has 0 aromatic rings. The molecule has 0 aliphatic heterocycles. The van der Waals surface area contributed by atoms with E-state index in [2.05, 4.69) is 98.9 Å². The van der Waals surface area contributed by atoms with Gasteiger partial charge in [0.15, 0.2) is 6.10 Å². The number of quaternary nitrogens is 1. The van der Waals surface area contributed by atoms with Crippen LogP contribution in [0.5, 0.6) is 0 Å². The van der Waals surface area contributed by atoms with E-state index < -0.39 is 18.1 Å². The van der Waals surface area contributed by atoms with Crippen molar-refractivity contribution in [1.82, 2.24) is 0 Å². The van der Waals surface area contributed by atoms with Gasteiger partial charge in [-0.05, 0) is 89.9 Å². The van der Waals surface area contributed by atoms with Crippen LogP contribution in [0.25, 0.3) is 0 Å². The van der Waals surface area contributed by atoms with Crippen LogP contribution < -0.4 is 5.11 Å². The van der Waals surface area contributed by atoms with Crippen molar-refractivity contribution in [1.29, 1.82) is 0 Å². The van der Waals surface area contributed by atoms with Crippen LogP contribution in [-0.4, -0.2) is 75.5 Å². The summed E-state index contributed by atoms with van der Waals surface area (Å²) in [5, 5.41) is 11.6. The van der Waals surface area contributed by atoms with Gasteiger partial charge in [-0.3, -0.25) is 9.59 Å². The number of carbonyl (C=O) groups is 3. The summed E-state index contributed by atoms with van der Waals surface area (Å²) in [6.07, 6.45) is 50.4. The van der Waals surface area contributed by atoms with E-state index in [4.69, 9.17) is 14.2 Å². The molecule has 0 rings (SSSR count). The number of ether oxygens (including phenoxy) is 3. The Labute approximate surface area is 348 Å². The number of unbranched alkanes of at least 4 members (excludes halogenated alkanes) is 10. The molecule has 0 aliphatic rings. The van der Waals surface area contributed by atoms with Crippen molar-refractivity contribution >= 4 is 17.9 Å². The van der Waals surface area contributed by atoms with Crippen molar-refractivity contribution in [3.8, 4) is 0 Å². The Kier molecular flexibility index (Phi) is 36.9. The lowest BCUT2D eigenvalue weighted by Crippen LogP contribution is -2.55. The zero-order valence-corrected chi connectivity index (χ0v) is 36.7. The number of carboxylic acid groups (broad SMARTS) is 1. The first-order chi connectivity index (χ1) is 27.6. The van der Waals surface area contributed by atoms with Crippen molar-refractivity contribution < 1.29 is 38.2 Å². The van der Waals surface area contributed by atoms with Crippen molar-refractivity contribution in [3.63, 3.8) is 0 Å². The second-order valence-corrected chi connectivity index (χ2v) is 15.5. The number of carbonyl (C=O) groups excluding carboxylic acids is 3. The first-order valence-corrected chi connectivity index (χ1v) is 22.1. The van der Waals surface area contributed by atoms with Gasteiger partial charge in [-0.25, -0.2) is 0 Å². The minimum absolute atomic E-state index is 0.0154. The molecule has 0 aromatic carbocycles. The molecule has 324 valence electrons. The topological polar surface area (TPSA) is 102 Å². The Morgan fingerprint density at radius 3 is 1.51 bits per heavy atom. The minimum atomic E-state index is -1.14. The number of nitrogens with zero attached hydrogens (tertiary/aromatic N) is 1. The fourth-order valence-corrected chi connectivity index (χ4v) is 5.83. The summed E-state index contributed by atoms with van der Waals surface area (Å²) in [4.78, 5) is 36.8. The van der Waals surface area contributed by atoms with Crippen LogP contribution in [0.1, 0.15) is 155 Å². The monoisotopic (exact) mass is 796 g/mol. The zero-order chi connectivity index (χ0) is 42.1. The molecule has 0 spiro atoms. The van der Waals surface area contributed by atoms with Crippen LogP contribution >= 0.6 is 0 Å². The lowest BCUT2D eigenvalue weighted by molar-refractivity contribution is -0.889. The zero-order valence-electron chi connectivity index (χ0n) is 36.7. The molecule has 57 heavy (non-hydrogen) atoms. The smallest absolute Gasteiger partial charge is 0.306 e. The maximum Gasteiger partial charge on any atom is 0.306 e. The highest BCUT2D eigenvalue weighted by atomic mass is 16.6. The minimum Gasteiger partial charge on any atom is -0.544 e. The maximum atomic E-state index is 12.7.